The molecule has 0 spiro atoms. The molecule has 0 unspecified atom stereocenters. The molecule has 2 N–H and O–H groups in total. The van der Waals surface area contributed by atoms with E-state index in [1.807, 2.05) is 0 Å². The monoisotopic (exact) mass is 341 g/mol. The van der Waals surface area contributed by atoms with Gasteiger partial charge < -0.3 is 20.1 Å². The molecule has 2 rings (SSSR count). The van der Waals surface area contributed by atoms with Crippen LogP contribution < -0.4 is 20.1 Å². The first-order valence-corrected chi connectivity index (χ1v) is 7.46. The van der Waals surface area contributed by atoms with E-state index in [9.17, 15) is 9.59 Å². The number of carbonyl (C=O) groups excluding carboxylic acids is 2. The fourth-order valence-electron chi connectivity index (χ4n) is 2.05. The zero-order valence-corrected chi connectivity index (χ0v) is 14.0. The van der Waals surface area contributed by atoms with Crippen molar-refractivity contribution in [1.82, 2.24) is 10.3 Å². The molecular weight excluding hydrogens is 322 g/mol. The number of aromatic nitrogens is 1. The number of methoxy groups -OCH3 is 2. The van der Waals surface area contributed by atoms with E-state index in [0.717, 1.165) is 0 Å². The highest BCUT2D eigenvalue weighted by atomic mass is 16.5. The summed E-state index contributed by atoms with van der Waals surface area (Å²) < 4.78 is 10.4. The van der Waals surface area contributed by atoms with E-state index in [4.69, 9.17) is 9.47 Å². The maximum atomic E-state index is 12.4. The molecular formula is C18H19N3O4. The highest BCUT2D eigenvalue weighted by Crippen LogP contribution is 2.29. The summed E-state index contributed by atoms with van der Waals surface area (Å²) in [6, 6.07) is 6.50. The third kappa shape index (κ3) is 4.57. The third-order valence-corrected chi connectivity index (χ3v) is 3.33. The quantitative estimate of drug-likeness (QED) is 0.754. The Kier molecular flexibility index (Phi) is 6.11. The van der Waals surface area contributed by atoms with Crippen LogP contribution in [0.2, 0.25) is 0 Å². The topological polar surface area (TPSA) is 89.6 Å². The highest BCUT2D eigenvalue weighted by Gasteiger charge is 2.13. The van der Waals surface area contributed by atoms with Crippen molar-refractivity contribution in [3.63, 3.8) is 0 Å². The molecule has 0 radical (unpaired) electrons. The Labute approximate surface area is 145 Å². The van der Waals surface area contributed by atoms with Crippen LogP contribution in [0.3, 0.4) is 0 Å². The lowest BCUT2D eigenvalue weighted by atomic mass is 10.1. The fourth-order valence-corrected chi connectivity index (χ4v) is 2.05. The predicted molar refractivity (Wildman–Crippen MR) is 94.3 cm³/mol. The van der Waals surface area contributed by atoms with E-state index in [2.05, 4.69) is 22.2 Å². The number of hydrogen-bond acceptors (Lipinski definition) is 5. The van der Waals surface area contributed by atoms with Gasteiger partial charge in [-0.15, -0.1) is 6.58 Å². The second-order valence-corrected chi connectivity index (χ2v) is 4.98. The van der Waals surface area contributed by atoms with Gasteiger partial charge in [-0.3, -0.25) is 14.6 Å². The molecule has 1 aromatic carbocycles. The number of nitrogens with one attached hydrogen (secondary N) is 2. The Morgan fingerprint density at radius 3 is 2.48 bits per heavy atom. The molecule has 0 atom stereocenters. The molecule has 0 aliphatic carbocycles. The predicted octanol–water partition coefficient (Wildman–Crippen LogP) is 2.27. The van der Waals surface area contributed by atoms with Gasteiger partial charge in [0.2, 0.25) is 0 Å². The minimum Gasteiger partial charge on any atom is -0.497 e. The number of ether oxygens (including phenoxy) is 2. The van der Waals surface area contributed by atoms with Gasteiger partial charge in [-0.1, -0.05) is 6.08 Å². The lowest BCUT2D eigenvalue weighted by Crippen LogP contribution is -2.24. The van der Waals surface area contributed by atoms with E-state index in [-0.39, 0.29) is 17.0 Å². The molecule has 7 nitrogen and oxygen atoms in total. The second kappa shape index (κ2) is 8.49. The molecule has 130 valence electrons. The average Bonchev–Trinajstić information content (AvgIpc) is 2.66. The summed E-state index contributed by atoms with van der Waals surface area (Å²) in [5, 5.41) is 5.36. The third-order valence-electron chi connectivity index (χ3n) is 3.33. The standard InChI is InChI=1S/C18H19N3O4/c1-4-7-20-17(22)12-8-13(11-19-10-12)18(23)21-15-6-5-14(24-2)9-16(15)25-3/h4-6,8-11H,1,7H2,2-3H3,(H,20,22)(H,21,23). The van der Waals surface area contributed by atoms with Crippen molar-refractivity contribution in [3.8, 4) is 11.5 Å². The molecule has 25 heavy (non-hydrogen) atoms. The summed E-state index contributed by atoms with van der Waals surface area (Å²) >= 11 is 0. The largest absolute Gasteiger partial charge is 0.497 e. The number of hydrogen-bond donors (Lipinski definition) is 2. The van der Waals surface area contributed by atoms with E-state index in [1.165, 1.54) is 25.6 Å². The summed E-state index contributed by atoms with van der Waals surface area (Å²) in [5.41, 5.74) is 1.02. The smallest absolute Gasteiger partial charge is 0.257 e. The summed E-state index contributed by atoms with van der Waals surface area (Å²) in [4.78, 5) is 28.3. The maximum absolute atomic E-state index is 12.4. The number of rotatable bonds is 7. The normalized spacial score (nSPS) is 9.84. The van der Waals surface area contributed by atoms with Crippen LogP contribution in [0, 0.1) is 0 Å². The Hall–Kier alpha value is -3.35. The molecule has 0 bridgehead atoms. The van der Waals surface area contributed by atoms with E-state index < -0.39 is 5.91 Å². The Balaban J connectivity index is 2.18. The zero-order chi connectivity index (χ0) is 18.2. The summed E-state index contributed by atoms with van der Waals surface area (Å²) in [7, 11) is 3.04. The van der Waals surface area contributed by atoms with E-state index in [1.54, 1.807) is 31.4 Å². The molecule has 2 amide bonds. The first-order valence-electron chi connectivity index (χ1n) is 7.46. The van der Waals surface area contributed by atoms with Crippen molar-refractivity contribution in [3.05, 3.63) is 60.4 Å². The molecule has 1 heterocycles. The Morgan fingerprint density at radius 2 is 1.84 bits per heavy atom. The van der Waals surface area contributed by atoms with Crippen LogP contribution in [0.5, 0.6) is 11.5 Å². The van der Waals surface area contributed by atoms with Crippen LogP contribution in [-0.2, 0) is 0 Å². The number of carbonyl (C=O) groups is 2. The number of anilines is 1. The number of amides is 2. The van der Waals surface area contributed by atoms with Gasteiger partial charge in [0.05, 0.1) is 31.0 Å². The molecule has 0 fully saturated rings. The van der Waals surface area contributed by atoms with Crippen LogP contribution >= 0.6 is 0 Å². The minimum absolute atomic E-state index is 0.254. The van der Waals surface area contributed by atoms with Crippen LogP contribution in [0.25, 0.3) is 0 Å². The molecule has 0 aliphatic heterocycles. The van der Waals surface area contributed by atoms with E-state index >= 15 is 0 Å². The SMILES string of the molecule is C=CCNC(=O)c1cncc(C(=O)Nc2ccc(OC)cc2OC)c1. The summed E-state index contributed by atoms with van der Waals surface area (Å²) in [6.07, 6.45) is 4.34. The van der Waals surface area contributed by atoms with Crippen molar-refractivity contribution >= 4 is 17.5 Å². The first kappa shape index (κ1) is 18.0. The molecule has 2 aromatic rings. The Bertz CT molecular complexity index is 790. The molecule has 0 saturated carbocycles. The van der Waals surface area contributed by atoms with Crippen molar-refractivity contribution in [2.75, 3.05) is 26.1 Å². The summed E-state index contributed by atoms with van der Waals surface area (Å²) in [6.45, 7) is 3.86. The number of benzene rings is 1. The van der Waals surface area contributed by atoms with Gasteiger partial charge in [-0.05, 0) is 18.2 Å². The van der Waals surface area contributed by atoms with Gasteiger partial charge in [0.15, 0.2) is 0 Å². The summed E-state index contributed by atoms with van der Waals surface area (Å²) in [5.74, 6) is 0.330. The number of pyridine rings is 1. The van der Waals surface area contributed by atoms with Crippen LogP contribution in [0.1, 0.15) is 20.7 Å². The van der Waals surface area contributed by atoms with Gasteiger partial charge in [0.1, 0.15) is 11.5 Å². The lowest BCUT2D eigenvalue weighted by molar-refractivity contribution is 0.0957. The van der Waals surface area contributed by atoms with Gasteiger partial charge in [0.25, 0.3) is 11.8 Å². The second-order valence-electron chi connectivity index (χ2n) is 4.98. The van der Waals surface area contributed by atoms with Crippen LogP contribution in [0.15, 0.2) is 49.3 Å². The van der Waals surface area contributed by atoms with Gasteiger partial charge >= 0.3 is 0 Å². The molecule has 7 heteroatoms. The zero-order valence-electron chi connectivity index (χ0n) is 14.0. The van der Waals surface area contributed by atoms with Gasteiger partial charge in [0, 0.05) is 25.0 Å². The van der Waals surface area contributed by atoms with Gasteiger partial charge in [-0.2, -0.15) is 0 Å². The van der Waals surface area contributed by atoms with Crippen LogP contribution in [0.4, 0.5) is 5.69 Å². The fraction of sp³-hybridized carbons (Fsp3) is 0.167. The van der Waals surface area contributed by atoms with Crippen molar-refractivity contribution < 1.29 is 19.1 Å². The number of nitrogens with zero attached hydrogens (tertiary/aromatic N) is 1. The van der Waals surface area contributed by atoms with Crippen molar-refractivity contribution in [2.24, 2.45) is 0 Å². The molecule has 0 aliphatic rings. The van der Waals surface area contributed by atoms with Gasteiger partial charge in [-0.25, -0.2) is 0 Å². The maximum Gasteiger partial charge on any atom is 0.257 e. The highest BCUT2D eigenvalue weighted by molar-refractivity contribution is 6.06. The molecule has 0 saturated heterocycles. The minimum atomic E-state index is -0.408. The average molecular weight is 341 g/mol. The lowest BCUT2D eigenvalue weighted by Gasteiger charge is -2.12. The van der Waals surface area contributed by atoms with E-state index in [0.29, 0.717) is 23.7 Å². The van der Waals surface area contributed by atoms with Crippen LogP contribution in [-0.4, -0.2) is 37.6 Å². The van der Waals surface area contributed by atoms with Crippen molar-refractivity contribution in [1.29, 1.82) is 0 Å². The molecule has 1 aromatic heterocycles. The first-order chi connectivity index (χ1) is 12.1. The van der Waals surface area contributed by atoms with Crippen molar-refractivity contribution in [2.45, 2.75) is 0 Å². The Morgan fingerprint density at radius 1 is 1.12 bits per heavy atom.